The fourth-order valence-corrected chi connectivity index (χ4v) is 4.74. The van der Waals surface area contributed by atoms with Crippen molar-refractivity contribution in [2.24, 2.45) is 17.6 Å². The highest BCUT2D eigenvalue weighted by molar-refractivity contribution is 9.10. The quantitative estimate of drug-likeness (QED) is 0.808. The number of hydrogen-bond donors (Lipinski definition) is 1. The van der Waals surface area contributed by atoms with Gasteiger partial charge >= 0.3 is 0 Å². The second-order valence-corrected chi connectivity index (χ2v) is 8.28. The monoisotopic (exact) mass is 414 g/mol. The van der Waals surface area contributed by atoms with E-state index in [0.717, 1.165) is 24.1 Å². The predicted molar refractivity (Wildman–Crippen MR) is 105 cm³/mol. The Morgan fingerprint density at radius 3 is 2.46 bits per heavy atom. The zero-order valence-electron chi connectivity index (χ0n) is 14.6. The van der Waals surface area contributed by atoms with Crippen LogP contribution in [0.4, 0.5) is 0 Å². The third kappa shape index (κ3) is 3.64. The summed E-state index contributed by atoms with van der Waals surface area (Å²) >= 11 is 3.40. The van der Waals surface area contributed by atoms with Gasteiger partial charge in [0, 0.05) is 35.9 Å². The van der Waals surface area contributed by atoms with Crippen molar-refractivity contribution in [3.05, 3.63) is 64.1 Å². The van der Waals surface area contributed by atoms with E-state index in [-0.39, 0.29) is 6.10 Å². The van der Waals surface area contributed by atoms with E-state index in [9.17, 15) is 4.79 Å². The van der Waals surface area contributed by atoms with Crippen LogP contribution >= 0.6 is 15.9 Å². The lowest BCUT2D eigenvalue weighted by Gasteiger charge is -2.38. The first-order chi connectivity index (χ1) is 12.6. The predicted octanol–water partition coefficient (Wildman–Crippen LogP) is 3.84. The van der Waals surface area contributed by atoms with Crippen molar-refractivity contribution in [1.82, 2.24) is 4.90 Å². The topological polar surface area (TPSA) is 55.6 Å². The summed E-state index contributed by atoms with van der Waals surface area (Å²) in [5, 5.41) is 0. The van der Waals surface area contributed by atoms with Crippen LogP contribution in [0.15, 0.2) is 53.0 Å². The Morgan fingerprint density at radius 2 is 1.81 bits per heavy atom. The number of carbonyl (C=O) groups excluding carboxylic acids is 1. The van der Waals surface area contributed by atoms with Gasteiger partial charge in [-0.05, 0) is 36.6 Å². The molecule has 0 aromatic heterocycles. The summed E-state index contributed by atoms with van der Waals surface area (Å²) in [5.74, 6) is 1.16. The highest BCUT2D eigenvalue weighted by Crippen LogP contribution is 2.40. The fraction of sp³-hybridized carbons (Fsp3) is 0.381. The molecule has 0 radical (unpaired) electrons. The molecule has 1 aliphatic carbocycles. The van der Waals surface area contributed by atoms with E-state index in [1.807, 2.05) is 12.1 Å². The summed E-state index contributed by atoms with van der Waals surface area (Å²) in [6.45, 7) is 3.07. The van der Waals surface area contributed by atoms with Crippen LogP contribution in [0.1, 0.15) is 28.8 Å². The van der Waals surface area contributed by atoms with Crippen LogP contribution in [-0.2, 0) is 6.54 Å². The molecule has 2 aromatic rings. The molecule has 1 aliphatic heterocycles. The number of primary amides is 1. The lowest BCUT2D eigenvalue weighted by molar-refractivity contribution is 0.0303. The molecule has 2 N–H and O–H groups in total. The van der Waals surface area contributed by atoms with Gasteiger partial charge in [-0.3, -0.25) is 9.69 Å². The van der Waals surface area contributed by atoms with Gasteiger partial charge in [0.15, 0.2) is 0 Å². The van der Waals surface area contributed by atoms with Crippen LogP contribution in [0.3, 0.4) is 0 Å². The number of hydrogen-bond acceptors (Lipinski definition) is 3. The first-order valence-corrected chi connectivity index (χ1v) is 9.92. The van der Waals surface area contributed by atoms with Gasteiger partial charge < -0.3 is 10.5 Å². The van der Waals surface area contributed by atoms with E-state index < -0.39 is 5.91 Å². The number of nitrogens with two attached hydrogens (primary N) is 1. The van der Waals surface area contributed by atoms with Crippen molar-refractivity contribution in [3.63, 3.8) is 0 Å². The van der Waals surface area contributed by atoms with Gasteiger partial charge in [0.1, 0.15) is 11.9 Å². The number of rotatable bonds is 5. The Bertz CT molecular complexity index is 782. The molecular weight excluding hydrogens is 392 g/mol. The number of ether oxygens (including phenoxy) is 1. The number of carbonyl (C=O) groups is 1. The van der Waals surface area contributed by atoms with Gasteiger partial charge in [0.25, 0.3) is 5.91 Å². The maximum absolute atomic E-state index is 11.8. The van der Waals surface area contributed by atoms with Crippen molar-refractivity contribution in [2.45, 2.75) is 25.5 Å². The normalized spacial score (nSPS) is 25.2. The minimum Gasteiger partial charge on any atom is -0.489 e. The third-order valence-corrected chi connectivity index (χ3v) is 6.04. The average molecular weight is 415 g/mol. The van der Waals surface area contributed by atoms with Crippen LogP contribution in [0.5, 0.6) is 5.75 Å². The SMILES string of the molecule is NC(=O)c1cc(Br)ccc1OC1C2CCC1CN(Cc1ccccc1)C2. The first kappa shape index (κ1) is 17.6. The Hall–Kier alpha value is -1.85. The highest BCUT2D eigenvalue weighted by Gasteiger charge is 2.43. The van der Waals surface area contributed by atoms with Gasteiger partial charge in [0.05, 0.1) is 5.56 Å². The Balaban J connectivity index is 1.47. The average Bonchev–Trinajstić information content (AvgIpc) is 2.86. The van der Waals surface area contributed by atoms with Crippen molar-refractivity contribution in [2.75, 3.05) is 13.1 Å². The van der Waals surface area contributed by atoms with Crippen LogP contribution in [0.2, 0.25) is 0 Å². The Labute approximate surface area is 162 Å². The molecule has 2 bridgehead atoms. The van der Waals surface area contributed by atoms with E-state index in [1.165, 1.54) is 18.4 Å². The summed E-state index contributed by atoms with van der Waals surface area (Å²) in [5.41, 5.74) is 7.34. The van der Waals surface area contributed by atoms with Crippen molar-refractivity contribution < 1.29 is 9.53 Å². The standard InChI is InChI=1S/C21H23BrN2O2/c22-17-8-9-19(18(10-17)21(23)25)26-20-15-6-7-16(20)13-24(12-15)11-14-4-2-1-3-5-14/h1-5,8-10,15-16,20H,6-7,11-13H2,(H2,23,25). The zero-order chi connectivity index (χ0) is 18.1. The van der Waals surface area contributed by atoms with E-state index in [2.05, 4.69) is 51.2 Å². The number of benzene rings is 2. The van der Waals surface area contributed by atoms with Crippen LogP contribution < -0.4 is 10.5 Å². The minimum absolute atomic E-state index is 0.168. The molecule has 1 saturated carbocycles. The molecule has 2 aromatic carbocycles. The number of likely N-dealkylation sites (tertiary alicyclic amines) is 1. The van der Waals surface area contributed by atoms with Gasteiger partial charge in [-0.1, -0.05) is 46.3 Å². The zero-order valence-corrected chi connectivity index (χ0v) is 16.2. The molecule has 0 spiro atoms. The number of halogens is 1. The molecule has 4 nitrogen and oxygen atoms in total. The number of fused-ring (bicyclic) bond motifs is 2. The number of amides is 1. The summed E-state index contributed by atoms with van der Waals surface area (Å²) in [7, 11) is 0. The van der Waals surface area contributed by atoms with E-state index >= 15 is 0 Å². The lowest BCUT2D eigenvalue weighted by Crippen LogP contribution is -2.46. The Kier molecular flexibility index (Phi) is 5.00. The largest absolute Gasteiger partial charge is 0.489 e. The van der Waals surface area contributed by atoms with E-state index in [4.69, 9.17) is 10.5 Å². The molecule has 1 amide bonds. The molecule has 2 unspecified atom stereocenters. The highest BCUT2D eigenvalue weighted by atomic mass is 79.9. The smallest absolute Gasteiger partial charge is 0.252 e. The second kappa shape index (κ2) is 7.41. The second-order valence-electron chi connectivity index (χ2n) is 7.36. The van der Waals surface area contributed by atoms with Crippen LogP contribution in [0.25, 0.3) is 0 Å². The van der Waals surface area contributed by atoms with Crippen molar-refractivity contribution >= 4 is 21.8 Å². The van der Waals surface area contributed by atoms with Crippen LogP contribution in [-0.4, -0.2) is 30.0 Å². The van der Waals surface area contributed by atoms with Gasteiger partial charge in [-0.15, -0.1) is 0 Å². The van der Waals surface area contributed by atoms with Gasteiger partial charge in [-0.2, -0.15) is 0 Å². The molecule has 26 heavy (non-hydrogen) atoms. The lowest BCUT2D eigenvalue weighted by atomic mass is 9.94. The molecule has 5 heteroatoms. The summed E-state index contributed by atoms with van der Waals surface area (Å²) in [6, 6.07) is 16.1. The Morgan fingerprint density at radius 1 is 1.12 bits per heavy atom. The number of piperidine rings is 1. The molecule has 2 atom stereocenters. The summed E-state index contributed by atoms with van der Waals surface area (Å²) < 4.78 is 7.17. The molecule has 4 rings (SSSR count). The minimum atomic E-state index is -0.449. The maximum Gasteiger partial charge on any atom is 0.252 e. The number of nitrogens with zero attached hydrogens (tertiary/aromatic N) is 1. The molecule has 2 aliphatic rings. The van der Waals surface area contributed by atoms with Gasteiger partial charge in [-0.25, -0.2) is 0 Å². The molecule has 2 fully saturated rings. The van der Waals surface area contributed by atoms with Crippen molar-refractivity contribution in [1.29, 1.82) is 0 Å². The van der Waals surface area contributed by atoms with E-state index in [1.54, 1.807) is 6.07 Å². The third-order valence-electron chi connectivity index (χ3n) is 5.54. The molecule has 1 saturated heterocycles. The summed E-state index contributed by atoms with van der Waals surface area (Å²) in [4.78, 5) is 14.3. The molecular formula is C21H23BrN2O2. The fourth-order valence-electron chi connectivity index (χ4n) is 4.38. The van der Waals surface area contributed by atoms with Gasteiger partial charge in [0.2, 0.25) is 0 Å². The van der Waals surface area contributed by atoms with E-state index in [0.29, 0.717) is 23.1 Å². The summed E-state index contributed by atoms with van der Waals surface area (Å²) in [6.07, 6.45) is 2.54. The first-order valence-electron chi connectivity index (χ1n) is 9.12. The maximum atomic E-state index is 11.8. The van der Waals surface area contributed by atoms with Crippen LogP contribution in [0, 0.1) is 11.8 Å². The molecule has 136 valence electrons. The molecule has 1 heterocycles. The van der Waals surface area contributed by atoms with Crippen molar-refractivity contribution in [3.8, 4) is 5.75 Å².